The molecule has 33 heteroatoms. The third-order valence-electron chi connectivity index (χ3n) is 13.7. The predicted octanol–water partition coefficient (Wildman–Crippen LogP) is -4.18. The molecular weight excluding hydrogens is 1190 g/mol. The van der Waals surface area contributed by atoms with Gasteiger partial charge in [0.2, 0.25) is 65.0 Å². The third-order valence-corrected chi connectivity index (χ3v) is 13.7. The summed E-state index contributed by atoms with van der Waals surface area (Å²) in [6.07, 6.45) is 4.75. The first-order valence-corrected chi connectivity index (χ1v) is 28.8. The Labute approximate surface area is 522 Å². The highest BCUT2D eigenvalue weighted by molar-refractivity contribution is 6.01. The number of carbonyl (C=O) groups excluding carboxylic acids is 13. The van der Waals surface area contributed by atoms with Crippen LogP contribution in [0.3, 0.4) is 0 Å². The van der Waals surface area contributed by atoms with Crippen molar-refractivity contribution in [1.82, 2.24) is 72.7 Å². The average Bonchev–Trinajstić information content (AvgIpc) is 3.24. The summed E-state index contributed by atoms with van der Waals surface area (Å²) in [6.45, 7) is 6.68. The van der Waals surface area contributed by atoms with Crippen LogP contribution in [0.2, 0.25) is 0 Å². The van der Waals surface area contributed by atoms with E-state index >= 15 is 0 Å². The van der Waals surface area contributed by atoms with E-state index < -0.39 is 151 Å². The molecule has 33 nitrogen and oxygen atoms in total. The number of likely N-dealkylation sites (tertiary alicyclic amines) is 1. The highest BCUT2D eigenvalue weighted by Gasteiger charge is 2.37. The number of rotatable bonds is 31. The molecule has 13 amide bonds. The molecule has 7 atom stereocenters. The van der Waals surface area contributed by atoms with Crippen LogP contribution in [-0.4, -0.2) is 200 Å². The van der Waals surface area contributed by atoms with Crippen LogP contribution in [0, 0.1) is 11.8 Å². The van der Waals surface area contributed by atoms with Gasteiger partial charge >= 0.3 is 0 Å². The summed E-state index contributed by atoms with van der Waals surface area (Å²) in [5.41, 5.74) is 12.3. The Morgan fingerprint density at radius 1 is 0.549 bits per heavy atom. The molecule has 91 heavy (non-hydrogen) atoms. The number of nitrogens with zero attached hydrogens (tertiary/aromatic N) is 5. The zero-order valence-electron chi connectivity index (χ0n) is 50.8. The van der Waals surface area contributed by atoms with Crippen molar-refractivity contribution in [2.75, 3.05) is 56.5 Å². The zero-order valence-corrected chi connectivity index (χ0v) is 50.8. The second kappa shape index (κ2) is 34.4. The number of carbonyl (C=O) groups is 13. The molecule has 0 aliphatic carbocycles. The number of hydrogen-bond donors (Lipinski definition) is 15. The van der Waals surface area contributed by atoms with Crippen molar-refractivity contribution in [2.24, 2.45) is 23.3 Å². The van der Waals surface area contributed by atoms with Crippen LogP contribution in [0.4, 0.5) is 11.4 Å². The number of primary amides is 1. The largest absolute Gasteiger partial charge is 0.394 e. The lowest BCUT2D eigenvalue weighted by atomic mass is 10.0. The standard InChI is InChI=1S/C58H76N18O15/c1-29(2)18-41(72-47(82)25-65-45(80)19-59)55(88)71-36-12-16-40(64-23-36)37-13-9-33(20-61-37)52(85)73-42(28-77)54(87)68-27-48(83)76-17-7-8-43(76)56(89)74-49(30(3)4)57(90)67-26-46(81)69-31(5)51(84)70-35-11-15-39(63-22-35)38-14-10-34(21-62-38)53(86)75-50(32(6)78)58(91)66-24-44(60)79/h9-16,20-23,29-32,41-43,49-50,77-78H,7-8,17-19,24-28,59H2,1-6H3,(H2,60,79)(H,65,80)(H,66,91)(H,67,90)(H,68,87)(H,69,81)(H,70,84)(H,71,88)(H,72,82)(H,73,85)(H,74,89)(H,75,86)/t31-,32+,41-,42-,43-,49-,50-/m0/s1. The van der Waals surface area contributed by atoms with E-state index in [0.29, 0.717) is 41.3 Å². The fourth-order valence-corrected chi connectivity index (χ4v) is 8.77. The van der Waals surface area contributed by atoms with Gasteiger partial charge < -0.3 is 85.1 Å². The van der Waals surface area contributed by atoms with E-state index in [1.807, 2.05) is 13.8 Å². The van der Waals surface area contributed by atoms with E-state index in [2.05, 4.69) is 78.4 Å². The maximum atomic E-state index is 13.6. The second-order valence-electron chi connectivity index (χ2n) is 21.7. The van der Waals surface area contributed by atoms with Gasteiger partial charge in [0.15, 0.2) is 0 Å². The first kappa shape index (κ1) is 71.3. The summed E-state index contributed by atoms with van der Waals surface area (Å²) < 4.78 is 0. The lowest BCUT2D eigenvalue weighted by Crippen LogP contribution is -2.57. The minimum Gasteiger partial charge on any atom is -0.394 e. The van der Waals surface area contributed by atoms with Crippen molar-refractivity contribution in [3.63, 3.8) is 0 Å². The third kappa shape index (κ3) is 22.0. The minimum atomic E-state index is -1.51. The summed E-state index contributed by atoms with van der Waals surface area (Å²) in [7, 11) is 0. The van der Waals surface area contributed by atoms with Crippen molar-refractivity contribution in [1.29, 1.82) is 0 Å². The van der Waals surface area contributed by atoms with Gasteiger partial charge in [-0.15, -0.1) is 0 Å². The molecule has 17 N–H and O–H groups in total. The lowest BCUT2D eigenvalue weighted by Gasteiger charge is -2.28. The topological polar surface area (TPSA) is 502 Å². The fraction of sp³-hybridized carbons (Fsp3) is 0.431. The van der Waals surface area contributed by atoms with E-state index in [1.165, 1.54) is 79.9 Å². The van der Waals surface area contributed by atoms with E-state index in [9.17, 15) is 72.5 Å². The zero-order chi connectivity index (χ0) is 67.1. The van der Waals surface area contributed by atoms with Crippen LogP contribution < -0.4 is 70.0 Å². The molecule has 0 saturated carbocycles. The van der Waals surface area contributed by atoms with E-state index in [-0.39, 0.29) is 48.8 Å². The van der Waals surface area contributed by atoms with E-state index in [1.54, 1.807) is 26.0 Å². The van der Waals surface area contributed by atoms with E-state index in [0.717, 1.165) is 0 Å². The molecule has 4 aromatic rings. The maximum Gasteiger partial charge on any atom is 0.253 e. The molecular formula is C58H76N18O15. The Balaban J connectivity index is 1.04. The first-order valence-electron chi connectivity index (χ1n) is 28.8. The number of hydrogen-bond acceptors (Lipinski definition) is 20. The Bertz CT molecular complexity index is 3280. The number of anilines is 2. The summed E-state index contributed by atoms with van der Waals surface area (Å²) in [4.78, 5) is 184. The molecule has 0 spiro atoms. The van der Waals surface area contributed by atoms with Crippen LogP contribution in [0.25, 0.3) is 22.8 Å². The summed E-state index contributed by atoms with van der Waals surface area (Å²) in [5, 5.41) is 47.3. The second-order valence-corrected chi connectivity index (χ2v) is 21.7. The van der Waals surface area contributed by atoms with Gasteiger partial charge in [-0.2, -0.15) is 0 Å². The molecule has 1 aliphatic heterocycles. The van der Waals surface area contributed by atoms with E-state index in [4.69, 9.17) is 11.5 Å². The van der Waals surface area contributed by atoms with Crippen LogP contribution in [0.1, 0.15) is 81.5 Å². The molecule has 1 aliphatic rings. The summed E-state index contributed by atoms with van der Waals surface area (Å²) in [5.74, 6) is -9.60. The number of nitrogens with one attached hydrogen (secondary N) is 11. The predicted molar refractivity (Wildman–Crippen MR) is 324 cm³/mol. The Kier molecular flexibility index (Phi) is 26.9. The van der Waals surface area contributed by atoms with Gasteiger partial charge in [0.25, 0.3) is 11.8 Å². The van der Waals surface area contributed by atoms with Crippen molar-refractivity contribution < 1.29 is 72.5 Å². The molecule has 1 fully saturated rings. The monoisotopic (exact) mass is 1260 g/mol. The summed E-state index contributed by atoms with van der Waals surface area (Å²) in [6, 6.07) is 4.80. The molecule has 0 radical (unpaired) electrons. The van der Waals surface area contributed by atoms with Crippen molar-refractivity contribution >= 4 is 88.2 Å². The van der Waals surface area contributed by atoms with Gasteiger partial charge in [0.1, 0.15) is 36.3 Å². The molecule has 1 saturated heterocycles. The van der Waals surface area contributed by atoms with Gasteiger partial charge in [-0.25, -0.2) is 0 Å². The van der Waals surface area contributed by atoms with Crippen molar-refractivity contribution in [3.8, 4) is 22.8 Å². The van der Waals surface area contributed by atoms with Gasteiger partial charge in [-0.1, -0.05) is 27.7 Å². The maximum absolute atomic E-state index is 13.6. The van der Waals surface area contributed by atoms with Gasteiger partial charge in [0, 0.05) is 18.9 Å². The number of nitrogens with two attached hydrogens (primary N) is 2. The normalized spacial score (nSPS) is 14.6. The first-order chi connectivity index (χ1) is 43.2. The van der Waals surface area contributed by atoms with Crippen molar-refractivity contribution in [3.05, 3.63) is 84.4 Å². The van der Waals surface area contributed by atoms with Crippen LogP contribution in [-0.2, 0) is 52.7 Å². The van der Waals surface area contributed by atoms with Crippen molar-refractivity contribution in [2.45, 2.75) is 103 Å². The minimum absolute atomic E-state index is 0.00424. The Morgan fingerprint density at radius 3 is 1.55 bits per heavy atom. The molecule has 5 heterocycles. The molecule has 488 valence electrons. The highest BCUT2D eigenvalue weighted by atomic mass is 16.3. The summed E-state index contributed by atoms with van der Waals surface area (Å²) >= 11 is 0. The van der Waals surface area contributed by atoms with Gasteiger partial charge in [0.05, 0.1) is 103 Å². The van der Waals surface area contributed by atoms with Gasteiger partial charge in [-0.05, 0) is 93.5 Å². The van der Waals surface area contributed by atoms with Crippen LogP contribution in [0.15, 0.2) is 73.3 Å². The van der Waals surface area contributed by atoms with Gasteiger partial charge in [-0.3, -0.25) is 82.3 Å². The molecule has 4 aromatic heterocycles. The molecule has 0 aromatic carbocycles. The number of aromatic nitrogens is 4. The van der Waals surface area contributed by atoms with Crippen LogP contribution in [0.5, 0.6) is 0 Å². The van der Waals surface area contributed by atoms with Crippen LogP contribution >= 0.6 is 0 Å². The fourth-order valence-electron chi connectivity index (χ4n) is 8.77. The molecule has 0 bridgehead atoms. The SMILES string of the molecule is CC(C)C[C@H](NC(=O)CNC(=O)CN)C(=O)Nc1ccc(-c2ccc(C(=O)N[C@@H](CO)C(=O)NCC(=O)N3CCC[C@H]3C(=O)N[C@H](C(=O)NCC(=O)N[C@@H](C)C(=O)Nc3ccc(-c4ccc(C(=O)N[C@H](C(=O)NCC(N)=O)[C@@H](C)O)cn4)nc3)C(C)C)cn2)nc1. The Morgan fingerprint density at radius 2 is 1.05 bits per heavy atom. The quantitative estimate of drug-likeness (QED) is 0.0227. The molecule has 5 rings (SSSR count). The number of pyridine rings is 4. The lowest BCUT2D eigenvalue weighted by molar-refractivity contribution is -0.140. The molecule has 0 unspecified atom stereocenters. The Hall–Kier alpha value is -10.4. The number of aliphatic hydroxyl groups is 2. The number of amides is 13. The highest BCUT2D eigenvalue weighted by Crippen LogP contribution is 2.21. The average molecular weight is 1270 g/mol. The number of aliphatic hydroxyl groups excluding tert-OH is 2. The smallest absolute Gasteiger partial charge is 0.253 e.